The van der Waals surface area contributed by atoms with Crippen molar-refractivity contribution in [3.63, 3.8) is 0 Å². The third-order valence-corrected chi connectivity index (χ3v) is 9.58. The van der Waals surface area contributed by atoms with Gasteiger partial charge < -0.3 is 4.90 Å². The van der Waals surface area contributed by atoms with Crippen LogP contribution in [0.15, 0.2) is 127 Å². The molecule has 0 amide bonds. The SMILES string of the molecule is c1ccc(N(c2ccc3c(c2)sc2ccccc23)c2ccc3c(c2)sc2c4ccccc4ccc32)cc1. The largest absolute Gasteiger partial charge is 0.310 e. The summed E-state index contributed by atoms with van der Waals surface area (Å²) in [6, 6.07) is 46.4. The molecule has 174 valence electrons. The predicted octanol–water partition coefficient (Wildman–Crippen LogP) is 11.0. The van der Waals surface area contributed by atoms with Gasteiger partial charge >= 0.3 is 0 Å². The second-order valence-corrected chi connectivity index (χ2v) is 11.5. The van der Waals surface area contributed by atoms with E-state index in [2.05, 4.69) is 132 Å². The minimum atomic E-state index is 1.16. The van der Waals surface area contributed by atoms with E-state index in [4.69, 9.17) is 0 Å². The minimum absolute atomic E-state index is 1.16. The van der Waals surface area contributed by atoms with Crippen LogP contribution in [0.3, 0.4) is 0 Å². The summed E-state index contributed by atoms with van der Waals surface area (Å²) in [5, 5.41) is 7.94. The summed E-state index contributed by atoms with van der Waals surface area (Å²) in [5.41, 5.74) is 3.51. The summed E-state index contributed by atoms with van der Waals surface area (Å²) >= 11 is 3.76. The number of hydrogen-bond acceptors (Lipinski definition) is 3. The van der Waals surface area contributed by atoms with Crippen LogP contribution in [-0.2, 0) is 0 Å². The van der Waals surface area contributed by atoms with Crippen LogP contribution in [-0.4, -0.2) is 0 Å². The summed E-state index contributed by atoms with van der Waals surface area (Å²) < 4.78 is 5.32. The average molecular weight is 508 g/mol. The highest BCUT2D eigenvalue weighted by atomic mass is 32.1. The van der Waals surface area contributed by atoms with Crippen molar-refractivity contribution in [3.05, 3.63) is 127 Å². The molecule has 0 saturated heterocycles. The zero-order valence-electron chi connectivity index (χ0n) is 19.9. The first kappa shape index (κ1) is 21.0. The quantitative estimate of drug-likeness (QED) is 0.230. The van der Waals surface area contributed by atoms with Crippen LogP contribution in [0.25, 0.3) is 51.1 Å². The Morgan fingerprint density at radius 1 is 0.378 bits per heavy atom. The topological polar surface area (TPSA) is 3.24 Å². The van der Waals surface area contributed by atoms with Gasteiger partial charge in [0.1, 0.15) is 0 Å². The lowest BCUT2D eigenvalue weighted by Crippen LogP contribution is -2.09. The molecule has 0 aliphatic carbocycles. The van der Waals surface area contributed by atoms with E-state index < -0.39 is 0 Å². The number of thiophene rings is 2. The zero-order chi connectivity index (χ0) is 24.3. The van der Waals surface area contributed by atoms with Crippen molar-refractivity contribution in [3.8, 4) is 0 Å². The molecule has 1 nitrogen and oxygen atoms in total. The Bertz CT molecular complexity index is 2100. The van der Waals surface area contributed by atoms with Gasteiger partial charge in [-0.2, -0.15) is 0 Å². The fourth-order valence-corrected chi connectivity index (χ4v) is 7.92. The molecule has 0 unspecified atom stereocenters. The first-order chi connectivity index (χ1) is 18.3. The summed E-state index contributed by atoms with van der Waals surface area (Å²) in [4.78, 5) is 2.38. The van der Waals surface area contributed by atoms with Gasteiger partial charge in [-0.05, 0) is 53.2 Å². The molecule has 0 spiro atoms. The van der Waals surface area contributed by atoms with E-state index in [0.717, 1.165) is 5.69 Å². The van der Waals surface area contributed by atoms with Gasteiger partial charge in [0.25, 0.3) is 0 Å². The Morgan fingerprint density at radius 3 is 1.78 bits per heavy atom. The summed E-state index contributed by atoms with van der Waals surface area (Å²) in [6.07, 6.45) is 0. The molecule has 0 aliphatic heterocycles. The number of nitrogens with zero attached hydrogens (tertiary/aromatic N) is 1. The molecule has 2 aromatic heterocycles. The Balaban J connectivity index is 1.35. The fraction of sp³-hybridized carbons (Fsp3) is 0. The minimum Gasteiger partial charge on any atom is -0.310 e. The average Bonchev–Trinajstić information content (AvgIpc) is 3.51. The van der Waals surface area contributed by atoms with Crippen molar-refractivity contribution in [2.24, 2.45) is 0 Å². The van der Waals surface area contributed by atoms with Gasteiger partial charge in [-0.1, -0.05) is 84.9 Å². The standard InChI is InChI=1S/C34H21NS2/c1-2-9-23(10-3-1)35(24-15-18-28-27-12-6-7-13-31(27)36-32(28)20-24)25-16-19-29-30-17-14-22-8-4-5-11-26(22)34(30)37-33(29)21-25/h1-21H. The molecule has 0 atom stereocenters. The highest BCUT2D eigenvalue weighted by Gasteiger charge is 2.16. The van der Waals surface area contributed by atoms with Crippen LogP contribution in [0.2, 0.25) is 0 Å². The van der Waals surface area contributed by atoms with E-state index >= 15 is 0 Å². The second kappa shape index (κ2) is 8.17. The van der Waals surface area contributed by atoms with E-state index in [0.29, 0.717) is 0 Å². The van der Waals surface area contributed by atoms with Crippen LogP contribution in [0, 0.1) is 0 Å². The monoisotopic (exact) mass is 507 g/mol. The maximum atomic E-state index is 2.38. The molecule has 6 aromatic carbocycles. The number of anilines is 3. The zero-order valence-corrected chi connectivity index (χ0v) is 21.5. The van der Waals surface area contributed by atoms with Crippen LogP contribution in [0.4, 0.5) is 17.1 Å². The highest BCUT2D eigenvalue weighted by molar-refractivity contribution is 7.26. The van der Waals surface area contributed by atoms with Crippen molar-refractivity contribution in [1.29, 1.82) is 0 Å². The predicted molar refractivity (Wildman–Crippen MR) is 164 cm³/mol. The van der Waals surface area contributed by atoms with Crippen LogP contribution < -0.4 is 4.90 Å². The number of rotatable bonds is 3. The first-order valence-corrected chi connectivity index (χ1v) is 14.1. The van der Waals surface area contributed by atoms with E-state index in [-0.39, 0.29) is 0 Å². The maximum Gasteiger partial charge on any atom is 0.0476 e. The Kier molecular flexibility index (Phi) is 4.63. The summed E-state index contributed by atoms with van der Waals surface area (Å²) in [6.45, 7) is 0. The van der Waals surface area contributed by atoms with Gasteiger partial charge in [0, 0.05) is 57.4 Å². The van der Waals surface area contributed by atoms with Crippen LogP contribution in [0.1, 0.15) is 0 Å². The lowest BCUT2D eigenvalue weighted by Gasteiger charge is -2.25. The van der Waals surface area contributed by atoms with Crippen molar-refractivity contribution in [2.75, 3.05) is 4.90 Å². The second-order valence-electron chi connectivity index (χ2n) is 9.40. The van der Waals surface area contributed by atoms with Crippen molar-refractivity contribution in [1.82, 2.24) is 0 Å². The molecule has 8 aromatic rings. The number of hydrogen-bond donors (Lipinski definition) is 0. The molecule has 0 bridgehead atoms. The van der Waals surface area contributed by atoms with E-state index in [1.165, 1.54) is 62.5 Å². The number of para-hydroxylation sites is 1. The van der Waals surface area contributed by atoms with E-state index in [1.54, 1.807) is 0 Å². The normalized spacial score (nSPS) is 11.8. The molecule has 0 fully saturated rings. The maximum absolute atomic E-state index is 2.38. The molecule has 0 aliphatic rings. The molecule has 2 heterocycles. The van der Waals surface area contributed by atoms with Gasteiger partial charge in [0.05, 0.1) is 0 Å². The lowest BCUT2D eigenvalue weighted by atomic mass is 10.1. The smallest absolute Gasteiger partial charge is 0.0476 e. The number of benzene rings is 6. The summed E-state index contributed by atoms with van der Waals surface area (Å²) in [7, 11) is 0. The Morgan fingerprint density at radius 2 is 0.973 bits per heavy atom. The molecule has 8 rings (SSSR count). The van der Waals surface area contributed by atoms with Crippen LogP contribution in [0.5, 0.6) is 0 Å². The van der Waals surface area contributed by atoms with Gasteiger partial charge in [-0.15, -0.1) is 22.7 Å². The Hall–Kier alpha value is -4.18. The van der Waals surface area contributed by atoms with Crippen molar-refractivity contribution < 1.29 is 0 Å². The molecule has 0 radical (unpaired) electrons. The first-order valence-electron chi connectivity index (χ1n) is 12.4. The third-order valence-electron chi connectivity index (χ3n) is 7.24. The van der Waals surface area contributed by atoms with Crippen molar-refractivity contribution in [2.45, 2.75) is 0 Å². The lowest BCUT2D eigenvalue weighted by molar-refractivity contribution is 1.30. The van der Waals surface area contributed by atoms with E-state index in [1.807, 2.05) is 22.7 Å². The van der Waals surface area contributed by atoms with Gasteiger partial charge in [0.15, 0.2) is 0 Å². The van der Waals surface area contributed by atoms with E-state index in [9.17, 15) is 0 Å². The molecule has 0 saturated carbocycles. The molecular formula is C34H21NS2. The highest BCUT2D eigenvalue weighted by Crippen LogP contribution is 2.44. The Labute approximate surface area is 222 Å². The molecular weight excluding hydrogens is 487 g/mol. The van der Waals surface area contributed by atoms with Gasteiger partial charge in [-0.3, -0.25) is 0 Å². The van der Waals surface area contributed by atoms with Gasteiger partial charge in [-0.25, -0.2) is 0 Å². The van der Waals surface area contributed by atoms with Crippen LogP contribution >= 0.6 is 22.7 Å². The number of fused-ring (bicyclic) bond motifs is 8. The summed E-state index contributed by atoms with van der Waals surface area (Å²) in [5.74, 6) is 0. The molecule has 3 heteroatoms. The molecule has 0 N–H and O–H groups in total. The third kappa shape index (κ3) is 3.28. The fourth-order valence-electron chi connectivity index (χ4n) is 5.51. The van der Waals surface area contributed by atoms with Gasteiger partial charge in [0.2, 0.25) is 0 Å². The van der Waals surface area contributed by atoms with Crippen molar-refractivity contribution >= 4 is 90.9 Å². The molecule has 37 heavy (non-hydrogen) atoms.